The molecule has 0 N–H and O–H groups in total. The number of nitrogens with zero attached hydrogens (tertiary/aromatic N) is 6. The van der Waals surface area contributed by atoms with Gasteiger partial charge in [0.1, 0.15) is 17.4 Å². The summed E-state index contributed by atoms with van der Waals surface area (Å²) in [5, 5.41) is 6.41. The van der Waals surface area contributed by atoms with Gasteiger partial charge in [0, 0.05) is 44.7 Å². The normalized spacial score (nSPS) is 20.8. The van der Waals surface area contributed by atoms with E-state index in [2.05, 4.69) is 17.1 Å². The van der Waals surface area contributed by atoms with Crippen LogP contribution in [0.25, 0.3) is 0 Å². The molecule has 1 aliphatic carbocycles. The van der Waals surface area contributed by atoms with Crippen molar-refractivity contribution in [2.45, 2.75) is 32.4 Å². The maximum absolute atomic E-state index is 14.0. The molecule has 3 aliphatic rings. The maximum atomic E-state index is 14.0. The third-order valence-electron chi connectivity index (χ3n) is 7.02. The monoisotopic (exact) mass is 552 g/mol. The predicted molar refractivity (Wildman–Crippen MR) is 132 cm³/mol. The molecule has 11 nitrogen and oxygen atoms in total. The van der Waals surface area contributed by atoms with Crippen molar-refractivity contribution in [1.82, 2.24) is 24.4 Å². The van der Waals surface area contributed by atoms with E-state index < -0.39 is 27.6 Å². The molecule has 2 aliphatic heterocycles. The number of hydrazine groups is 1. The van der Waals surface area contributed by atoms with E-state index in [9.17, 15) is 22.0 Å². The van der Waals surface area contributed by atoms with Crippen molar-refractivity contribution in [3.63, 3.8) is 0 Å². The Morgan fingerprint density at radius 3 is 2.34 bits per heavy atom. The van der Waals surface area contributed by atoms with Crippen LogP contribution >= 0.6 is 0 Å². The van der Waals surface area contributed by atoms with Gasteiger partial charge in [-0.3, -0.25) is 4.79 Å². The van der Waals surface area contributed by atoms with Crippen LogP contribution < -0.4 is 5.01 Å². The number of halogens is 2. The van der Waals surface area contributed by atoms with Gasteiger partial charge >= 0.3 is 5.91 Å². The lowest BCUT2D eigenvalue weighted by molar-refractivity contribution is -0.123. The molecule has 5 rings (SSSR count). The first kappa shape index (κ1) is 26.5. The van der Waals surface area contributed by atoms with Crippen molar-refractivity contribution in [1.29, 1.82) is 0 Å². The topological polar surface area (TPSA) is 112 Å². The summed E-state index contributed by atoms with van der Waals surface area (Å²) in [6.45, 7) is 5.30. The number of aromatic nitrogens is 2. The highest BCUT2D eigenvalue weighted by molar-refractivity contribution is 7.88. The number of carbonyl (C=O) groups is 1. The Bertz CT molecular complexity index is 1350. The lowest BCUT2D eigenvalue weighted by atomic mass is 10.1. The predicted octanol–water partition coefficient (Wildman–Crippen LogP) is 2.03. The first-order valence-corrected chi connectivity index (χ1v) is 13.9. The average molecular weight is 553 g/mol. The summed E-state index contributed by atoms with van der Waals surface area (Å²) < 4.78 is 66.2. The van der Waals surface area contributed by atoms with Crippen LogP contribution in [0.2, 0.25) is 0 Å². The number of aryl methyl sites for hydroxylation is 1. The number of anilines is 1. The number of ether oxygens (including phenoxy) is 1. The fraction of sp³-hybridized carbons (Fsp3) is 0.542. The summed E-state index contributed by atoms with van der Waals surface area (Å²) in [4.78, 5) is 19.6. The van der Waals surface area contributed by atoms with Gasteiger partial charge in [0.05, 0.1) is 24.5 Å². The molecule has 0 atom stereocenters. The minimum Gasteiger partial charge on any atom is -0.486 e. The quantitative estimate of drug-likeness (QED) is 0.486. The summed E-state index contributed by atoms with van der Waals surface area (Å²) in [5.74, 6) is -2.01. The number of hydrogen-bond donors (Lipinski definition) is 0. The number of benzene rings is 1. The minimum absolute atomic E-state index is 0.0165. The molecule has 206 valence electrons. The van der Waals surface area contributed by atoms with Crippen molar-refractivity contribution in [3.05, 3.63) is 53.0 Å². The van der Waals surface area contributed by atoms with Crippen LogP contribution in [0.5, 0.6) is 0 Å². The van der Waals surface area contributed by atoms with E-state index >= 15 is 0 Å². The third-order valence-corrected chi connectivity index (χ3v) is 8.78. The van der Waals surface area contributed by atoms with Gasteiger partial charge in [-0.15, -0.1) is 0 Å². The van der Waals surface area contributed by atoms with Crippen molar-refractivity contribution < 1.29 is 31.3 Å². The Morgan fingerprint density at radius 1 is 1.11 bits per heavy atom. The molecule has 1 amide bonds. The summed E-state index contributed by atoms with van der Waals surface area (Å²) in [6.07, 6.45) is 1.97. The van der Waals surface area contributed by atoms with Crippen LogP contribution in [0.4, 0.5) is 14.5 Å². The molecule has 1 aromatic heterocycles. The number of amides is 1. The van der Waals surface area contributed by atoms with Crippen LogP contribution in [-0.4, -0.2) is 85.1 Å². The van der Waals surface area contributed by atoms with Crippen molar-refractivity contribution in [2.24, 2.45) is 5.41 Å². The van der Waals surface area contributed by atoms with E-state index in [1.807, 2.05) is 4.90 Å². The highest BCUT2D eigenvalue weighted by Crippen LogP contribution is 2.45. The van der Waals surface area contributed by atoms with Crippen molar-refractivity contribution >= 4 is 21.6 Å². The van der Waals surface area contributed by atoms with Gasteiger partial charge in [0.25, 0.3) is 0 Å². The largest absolute Gasteiger partial charge is 0.486 e. The molecule has 14 heteroatoms. The Hall–Kier alpha value is -3.10. The molecule has 2 fully saturated rings. The van der Waals surface area contributed by atoms with E-state index in [1.165, 1.54) is 9.31 Å². The average Bonchev–Trinajstić information content (AvgIpc) is 3.44. The fourth-order valence-electron chi connectivity index (χ4n) is 4.58. The Kier molecular flexibility index (Phi) is 6.90. The third kappa shape index (κ3) is 5.52. The van der Waals surface area contributed by atoms with Gasteiger partial charge in [0.2, 0.25) is 21.7 Å². The first-order valence-electron chi connectivity index (χ1n) is 12.3. The van der Waals surface area contributed by atoms with Crippen LogP contribution in [-0.2, 0) is 25.3 Å². The van der Waals surface area contributed by atoms with Crippen LogP contribution in [0, 0.1) is 24.0 Å². The van der Waals surface area contributed by atoms with Crippen molar-refractivity contribution in [2.75, 3.05) is 51.4 Å². The molecule has 2 aromatic rings. The minimum atomic E-state index is -3.68. The van der Waals surface area contributed by atoms with Gasteiger partial charge in [-0.05, 0) is 31.9 Å². The smallest absolute Gasteiger partial charge is 0.309 e. The number of piperazine rings is 1. The zero-order valence-electron chi connectivity index (χ0n) is 21.5. The lowest BCUT2D eigenvalue weighted by Crippen LogP contribution is -2.56. The molecule has 0 unspecified atom stereocenters. The van der Waals surface area contributed by atoms with E-state index in [4.69, 9.17) is 9.26 Å². The maximum Gasteiger partial charge on any atom is 0.309 e. The summed E-state index contributed by atoms with van der Waals surface area (Å²) >= 11 is 0. The number of carbonyl (C=O) groups excluding carboxylic acids is 1. The lowest BCUT2D eigenvalue weighted by Gasteiger charge is -2.43. The molecule has 1 saturated carbocycles. The van der Waals surface area contributed by atoms with Gasteiger partial charge in [-0.2, -0.15) is 9.29 Å². The summed E-state index contributed by atoms with van der Waals surface area (Å²) in [7, 11) is -2.03. The van der Waals surface area contributed by atoms with Crippen LogP contribution in [0.15, 0.2) is 34.2 Å². The zero-order chi connectivity index (χ0) is 27.2. The van der Waals surface area contributed by atoms with Crippen molar-refractivity contribution in [3.8, 4) is 0 Å². The second kappa shape index (κ2) is 9.89. The fourth-order valence-corrected chi connectivity index (χ4v) is 5.92. The molecule has 1 saturated heterocycles. The second-order valence-corrected chi connectivity index (χ2v) is 12.3. The van der Waals surface area contributed by atoms with E-state index in [1.54, 1.807) is 19.0 Å². The van der Waals surface area contributed by atoms with Gasteiger partial charge < -0.3 is 14.2 Å². The molecule has 1 aromatic carbocycles. The van der Waals surface area contributed by atoms with Gasteiger partial charge in [-0.1, -0.05) is 12.1 Å². The van der Waals surface area contributed by atoms with Crippen LogP contribution in [0.1, 0.15) is 31.5 Å². The molecule has 0 bridgehead atoms. The Balaban J connectivity index is 1.37. The highest BCUT2D eigenvalue weighted by Gasteiger charge is 2.42. The highest BCUT2D eigenvalue weighted by atomic mass is 32.2. The van der Waals surface area contributed by atoms with E-state index in [0.29, 0.717) is 31.2 Å². The molecule has 38 heavy (non-hydrogen) atoms. The Labute approximate surface area is 219 Å². The zero-order valence-corrected chi connectivity index (χ0v) is 22.3. The Morgan fingerprint density at radius 2 is 1.76 bits per heavy atom. The second-order valence-electron chi connectivity index (χ2n) is 10.3. The molecule has 0 radical (unpaired) electrons. The molecular formula is C24H30F2N6O5S. The van der Waals surface area contributed by atoms with Gasteiger partial charge in [-0.25, -0.2) is 27.2 Å². The van der Waals surface area contributed by atoms with E-state index in [-0.39, 0.29) is 48.1 Å². The first-order chi connectivity index (χ1) is 17.9. The summed E-state index contributed by atoms with van der Waals surface area (Å²) in [6, 6.07) is 2.94. The number of hydrogen-bond acceptors (Lipinski definition) is 9. The molecule has 0 spiro atoms. The van der Waals surface area contributed by atoms with Gasteiger partial charge in [0.15, 0.2) is 5.82 Å². The summed E-state index contributed by atoms with van der Waals surface area (Å²) in [5.41, 5.74) is 0.650. The number of sulfonamides is 1. The van der Waals surface area contributed by atoms with Crippen LogP contribution in [0.3, 0.4) is 0 Å². The number of likely N-dealkylation sites (N-methyl/N-ethyl adjacent to an activating group) is 1. The standard InChI is InChI=1S/C24H30F2N6O5S/c1-16-27-21(37-28-16)14-38(34,35)31-8-6-30(7-9-31)20-13-29(3)32(19-11-17(25)10-18(26)12-19)23(33)22(20)36-15-24(2)4-5-24/h10-12H,4-9,13-15H2,1-3H3. The molecule has 3 heterocycles. The van der Waals surface area contributed by atoms with E-state index in [0.717, 1.165) is 31.0 Å². The number of rotatable bonds is 8. The molecular weight excluding hydrogens is 522 g/mol. The SMILES string of the molecule is Cc1noc(CS(=O)(=O)N2CCN(C3=C(OCC4(C)CC4)C(=O)N(c4cc(F)cc(F)c4)N(C)C3)CC2)n1.